The minimum Gasteiger partial charge on any atom is -0.384 e. The predicted molar refractivity (Wildman–Crippen MR) is 159 cm³/mol. The number of anilines is 4. The molecule has 1 aliphatic heterocycles. The van der Waals surface area contributed by atoms with Crippen molar-refractivity contribution in [2.45, 2.75) is 58.2 Å². The number of fused-ring (bicyclic) bond motifs is 1. The van der Waals surface area contributed by atoms with Crippen molar-refractivity contribution in [3.05, 3.63) is 42.1 Å². The molecule has 1 aliphatic rings. The number of aromatic nitrogens is 3. The van der Waals surface area contributed by atoms with E-state index in [1.54, 1.807) is 0 Å². The summed E-state index contributed by atoms with van der Waals surface area (Å²) in [5.74, 6) is 4.42. The van der Waals surface area contributed by atoms with E-state index in [-0.39, 0.29) is 0 Å². The van der Waals surface area contributed by atoms with Crippen molar-refractivity contribution in [2.24, 2.45) is 0 Å². The summed E-state index contributed by atoms with van der Waals surface area (Å²) >= 11 is 0. The Bertz CT molecular complexity index is 1260. The van der Waals surface area contributed by atoms with Crippen LogP contribution in [0.25, 0.3) is 11.0 Å². The highest BCUT2D eigenvalue weighted by Gasteiger charge is 2.41. The lowest BCUT2D eigenvalue weighted by Crippen LogP contribution is -2.44. The van der Waals surface area contributed by atoms with Gasteiger partial charge >= 0.3 is 0 Å². The number of nitrogen functional groups attached to an aromatic ring is 1. The molecule has 0 spiro atoms. The number of nitrogens with one attached hydrogen (secondary N) is 1. The SMILES string of the molecule is CC(C)[Si](C#Cc1cc(N)nc2nc(Nc3ccc(N4CCN(C)CC4)cc3)ncc12)(C(C)C)C(C)C. The third kappa shape index (κ3) is 5.73. The van der Waals surface area contributed by atoms with E-state index in [9.17, 15) is 0 Å². The summed E-state index contributed by atoms with van der Waals surface area (Å²) < 4.78 is 0. The van der Waals surface area contributed by atoms with Gasteiger partial charge in [-0.05, 0) is 54.0 Å². The molecular weight excluding hydrogens is 474 g/mol. The number of benzene rings is 1. The van der Waals surface area contributed by atoms with Gasteiger partial charge in [0.05, 0.1) is 5.39 Å². The van der Waals surface area contributed by atoms with Crippen LogP contribution in [-0.4, -0.2) is 61.2 Å². The van der Waals surface area contributed by atoms with Crippen molar-refractivity contribution < 1.29 is 0 Å². The summed E-state index contributed by atoms with van der Waals surface area (Å²) in [5.41, 5.74) is 15.2. The molecule has 37 heavy (non-hydrogen) atoms. The number of nitrogens with zero attached hydrogens (tertiary/aromatic N) is 5. The van der Waals surface area contributed by atoms with Crippen LogP contribution in [0, 0.1) is 11.5 Å². The van der Waals surface area contributed by atoms with Gasteiger partial charge in [-0.3, -0.25) is 0 Å². The van der Waals surface area contributed by atoms with E-state index in [4.69, 9.17) is 5.73 Å². The topological polar surface area (TPSA) is 83.2 Å². The maximum Gasteiger partial charge on any atom is 0.229 e. The Balaban J connectivity index is 1.59. The van der Waals surface area contributed by atoms with Crippen LogP contribution >= 0.6 is 0 Å². The van der Waals surface area contributed by atoms with Crippen LogP contribution < -0.4 is 16.0 Å². The van der Waals surface area contributed by atoms with Gasteiger partial charge < -0.3 is 20.9 Å². The first kappa shape index (κ1) is 26.9. The van der Waals surface area contributed by atoms with Crippen LogP contribution in [0.4, 0.5) is 23.1 Å². The van der Waals surface area contributed by atoms with E-state index in [0.29, 0.717) is 34.0 Å². The van der Waals surface area contributed by atoms with Crippen LogP contribution in [0.1, 0.15) is 47.1 Å². The van der Waals surface area contributed by atoms with Gasteiger partial charge in [0.1, 0.15) is 13.9 Å². The molecule has 0 unspecified atom stereocenters. The maximum atomic E-state index is 6.19. The molecule has 1 aromatic carbocycles. The second kappa shape index (κ2) is 11.1. The van der Waals surface area contributed by atoms with Gasteiger partial charge in [0.15, 0.2) is 5.65 Å². The minimum absolute atomic E-state index is 0.420. The van der Waals surface area contributed by atoms with Crippen LogP contribution in [0.15, 0.2) is 36.5 Å². The van der Waals surface area contributed by atoms with Gasteiger partial charge in [-0.15, -0.1) is 5.54 Å². The van der Waals surface area contributed by atoms with E-state index in [1.807, 2.05) is 12.3 Å². The second-order valence-electron chi connectivity index (χ2n) is 11.1. The van der Waals surface area contributed by atoms with Crippen molar-refractivity contribution >= 4 is 42.2 Å². The summed E-state index contributed by atoms with van der Waals surface area (Å²) in [6.45, 7) is 18.2. The number of likely N-dealkylation sites (N-methyl/N-ethyl adjacent to an activating group) is 1. The Kier molecular flexibility index (Phi) is 8.05. The zero-order valence-electron chi connectivity index (χ0n) is 23.3. The quantitative estimate of drug-likeness (QED) is 0.323. The fourth-order valence-corrected chi connectivity index (χ4v) is 11.0. The fourth-order valence-electron chi connectivity index (χ4n) is 5.75. The molecule has 1 fully saturated rings. The number of pyridine rings is 1. The van der Waals surface area contributed by atoms with Gasteiger partial charge in [0.2, 0.25) is 5.95 Å². The number of hydrogen-bond donors (Lipinski definition) is 2. The molecule has 1 saturated heterocycles. The Morgan fingerprint density at radius 3 is 2.14 bits per heavy atom. The average Bonchev–Trinajstić information content (AvgIpc) is 2.84. The summed E-state index contributed by atoms with van der Waals surface area (Å²) in [6.07, 6.45) is 1.81. The Labute approximate surface area is 222 Å². The monoisotopic (exact) mass is 515 g/mol. The highest BCUT2D eigenvalue weighted by Crippen LogP contribution is 2.41. The first-order valence-electron chi connectivity index (χ1n) is 13.4. The molecule has 0 radical (unpaired) electrons. The van der Waals surface area contributed by atoms with Crippen molar-refractivity contribution in [3.63, 3.8) is 0 Å². The van der Waals surface area contributed by atoms with E-state index in [1.165, 1.54) is 5.69 Å². The molecule has 8 heteroatoms. The van der Waals surface area contributed by atoms with E-state index >= 15 is 0 Å². The van der Waals surface area contributed by atoms with Gasteiger partial charge in [-0.2, -0.15) is 4.98 Å². The van der Waals surface area contributed by atoms with Crippen LogP contribution in [0.5, 0.6) is 0 Å². The molecule has 0 bridgehead atoms. The predicted octanol–water partition coefficient (Wildman–Crippen LogP) is 5.67. The zero-order chi connectivity index (χ0) is 26.7. The molecule has 2 aromatic heterocycles. The summed E-state index contributed by atoms with van der Waals surface area (Å²) in [7, 11) is 0.291. The molecule has 3 N–H and O–H groups in total. The van der Waals surface area contributed by atoms with E-state index in [0.717, 1.165) is 42.8 Å². The lowest BCUT2D eigenvalue weighted by atomic mass is 10.2. The fraction of sp³-hybridized carbons (Fsp3) is 0.483. The molecule has 4 rings (SSSR count). The second-order valence-corrected chi connectivity index (χ2v) is 16.7. The van der Waals surface area contributed by atoms with Gasteiger partial charge in [0, 0.05) is 49.3 Å². The molecule has 3 aromatic rings. The van der Waals surface area contributed by atoms with Crippen molar-refractivity contribution in [2.75, 3.05) is 49.2 Å². The Morgan fingerprint density at radius 2 is 1.54 bits per heavy atom. The van der Waals surface area contributed by atoms with Gasteiger partial charge in [0.25, 0.3) is 0 Å². The van der Waals surface area contributed by atoms with Gasteiger partial charge in [-0.1, -0.05) is 47.5 Å². The van der Waals surface area contributed by atoms with Crippen molar-refractivity contribution in [3.8, 4) is 11.5 Å². The minimum atomic E-state index is -1.88. The lowest BCUT2D eigenvalue weighted by molar-refractivity contribution is 0.313. The normalized spacial score (nSPS) is 14.9. The first-order chi connectivity index (χ1) is 17.6. The first-order valence-corrected chi connectivity index (χ1v) is 15.6. The number of rotatable bonds is 6. The summed E-state index contributed by atoms with van der Waals surface area (Å²) in [6, 6.07) is 10.3. The standard InChI is InChI=1S/C29H41N7Si/c1-20(2)37(21(3)4,22(5)6)17-12-23-18-27(30)33-28-26(23)19-31-29(34-28)32-24-8-10-25(11-9-24)36-15-13-35(7)14-16-36/h8-11,18-22H,13-16H2,1-7H3,(H3,30,31,32,33,34). The molecule has 196 valence electrons. The molecule has 0 aliphatic carbocycles. The molecule has 7 nitrogen and oxygen atoms in total. The zero-order valence-corrected chi connectivity index (χ0v) is 24.3. The van der Waals surface area contributed by atoms with Gasteiger partial charge in [-0.25, -0.2) is 9.97 Å². The number of nitrogens with two attached hydrogens (primary N) is 1. The van der Waals surface area contributed by atoms with E-state index in [2.05, 4.69) is 114 Å². The van der Waals surface area contributed by atoms with E-state index < -0.39 is 8.07 Å². The van der Waals surface area contributed by atoms with Crippen molar-refractivity contribution in [1.82, 2.24) is 19.9 Å². The number of hydrogen-bond acceptors (Lipinski definition) is 7. The van der Waals surface area contributed by atoms with Crippen LogP contribution in [-0.2, 0) is 0 Å². The lowest BCUT2D eigenvalue weighted by Gasteiger charge is -2.38. The maximum absolute atomic E-state index is 6.19. The average molecular weight is 516 g/mol. The Morgan fingerprint density at radius 1 is 0.919 bits per heavy atom. The third-order valence-electron chi connectivity index (χ3n) is 7.86. The summed E-state index contributed by atoms with van der Waals surface area (Å²) in [4.78, 5) is 18.5. The molecule has 0 atom stereocenters. The van der Waals surface area contributed by atoms with Crippen LogP contribution in [0.3, 0.4) is 0 Å². The molecule has 3 heterocycles. The molecule has 0 amide bonds. The largest absolute Gasteiger partial charge is 0.384 e. The third-order valence-corrected chi connectivity index (χ3v) is 14.1. The van der Waals surface area contributed by atoms with Crippen molar-refractivity contribution in [1.29, 1.82) is 0 Å². The Hall–Kier alpha value is -3.15. The molecule has 0 saturated carbocycles. The number of piperazine rings is 1. The smallest absolute Gasteiger partial charge is 0.229 e. The molecular formula is C29H41N7Si. The highest BCUT2D eigenvalue weighted by atomic mass is 28.3. The summed E-state index contributed by atoms with van der Waals surface area (Å²) in [5, 5.41) is 4.14. The highest BCUT2D eigenvalue weighted by molar-refractivity contribution is 6.90. The van der Waals surface area contributed by atoms with Crippen LogP contribution in [0.2, 0.25) is 16.6 Å².